The summed E-state index contributed by atoms with van der Waals surface area (Å²) < 4.78 is 11.4. The summed E-state index contributed by atoms with van der Waals surface area (Å²) in [6.45, 7) is 4.70. The van der Waals surface area contributed by atoms with Gasteiger partial charge in [-0.25, -0.2) is 0 Å². The van der Waals surface area contributed by atoms with E-state index in [2.05, 4.69) is 10.6 Å². The Hall–Kier alpha value is -3.02. The van der Waals surface area contributed by atoms with Gasteiger partial charge < -0.3 is 20.1 Å². The minimum atomic E-state index is -0.546. The van der Waals surface area contributed by atoms with E-state index in [1.807, 2.05) is 62.4 Å². The van der Waals surface area contributed by atoms with Crippen LogP contribution in [0.4, 0.5) is 0 Å². The number of benzene rings is 2. The van der Waals surface area contributed by atoms with Crippen molar-refractivity contribution < 1.29 is 19.1 Å². The van der Waals surface area contributed by atoms with Crippen molar-refractivity contribution in [2.24, 2.45) is 11.8 Å². The maximum atomic E-state index is 12.9. The minimum absolute atomic E-state index is 0.000777. The van der Waals surface area contributed by atoms with Gasteiger partial charge in [-0.05, 0) is 42.0 Å². The molecular formula is C27H36N2O4. The molecule has 1 aliphatic rings. The van der Waals surface area contributed by atoms with Crippen molar-refractivity contribution in [3.8, 4) is 11.5 Å². The molecular weight excluding hydrogens is 416 g/mol. The van der Waals surface area contributed by atoms with Gasteiger partial charge in [-0.1, -0.05) is 69.5 Å². The zero-order valence-corrected chi connectivity index (χ0v) is 19.9. The first-order chi connectivity index (χ1) is 16.0. The zero-order valence-electron chi connectivity index (χ0n) is 19.9. The number of rotatable bonds is 10. The molecule has 0 bridgehead atoms. The monoisotopic (exact) mass is 452 g/mol. The number of nitrogens with one attached hydrogen (secondary N) is 2. The van der Waals surface area contributed by atoms with Crippen LogP contribution in [-0.4, -0.2) is 25.0 Å². The van der Waals surface area contributed by atoms with Gasteiger partial charge in [-0.3, -0.25) is 9.59 Å². The van der Waals surface area contributed by atoms with Crippen LogP contribution in [0.25, 0.3) is 0 Å². The molecule has 33 heavy (non-hydrogen) atoms. The third-order valence-electron chi connectivity index (χ3n) is 6.15. The molecule has 3 rings (SSSR count). The van der Waals surface area contributed by atoms with Crippen molar-refractivity contribution in [3.63, 3.8) is 0 Å². The number of amides is 2. The Labute approximate surface area is 197 Å². The van der Waals surface area contributed by atoms with Gasteiger partial charge in [0.2, 0.25) is 11.8 Å². The van der Waals surface area contributed by atoms with Gasteiger partial charge in [0.25, 0.3) is 0 Å². The first kappa shape index (κ1) is 24.6. The molecule has 2 amide bonds. The molecule has 1 saturated carbocycles. The van der Waals surface area contributed by atoms with Crippen molar-refractivity contribution in [2.45, 2.75) is 65.1 Å². The Morgan fingerprint density at radius 3 is 2.36 bits per heavy atom. The average molecular weight is 453 g/mol. The second-order valence-electron chi connectivity index (χ2n) is 9.04. The minimum Gasteiger partial charge on any atom is -0.493 e. The number of ether oxygens (including phenoxy) is 2. The van der Waals surface area contributed by atoms with Crippen LogP contribution in [0.5, 0.6) is 11.5 Å². The second kappa shape index (κ2) is 12.3. The quantitative estimate of drug-likeness (QED) is 0.552. The lowest BCUT2D eigenvalue weighted by atomic mass is 9.88. The Morgan fingerprint density at radius 2 is 1.70 bits per heavy atom. The molecule has 6 nitrogen and oxygen atoms in total. The molecule has 2 aromatic rings. The van der Waals surface area contributed by atoms with Crippen LogP contribution >= 0.6 is 0 Å². The van der Waals surface area contributed by atoms with E-state index < -0.39 is 6.04 Å². The van der Waals surface area contributed by atoms with E-state index in [4.69, 9.17) is 9.47 Å². The average Bonchev–Trinajstić information content (AvgIpc) is 2.85. The molecule has 0 heterocycles. The predicted molar refractivity (Wildman–Crippen MR) is 129 cm³/mol. The van der Waals surface area contributed by atoms with Crippen molar-refractivity contribution in [3.05, 3.63) is 59.7 Å². The number of carbonyl (C=O) groups excluding carboxylic acids is 2. The number of carbonyl (C=O) groups is 2. The van der Waals surface area contributed by atoms with Crippen LogP contribution in [0, 0.1) is 11.8 Å². The lowest BCUT2D eigenvalue weighted by Gasteiger charge is -2.26. The van der Waals surface area contributed by atoms with E-state index in [9.17, 15) is 9.59 Å². The van der Waals surface area contributed by atoms with E-state index in [0.717, 1.165) is 36.8 Å². The molecule has 1 atom stereocenters. The molecule has 1 fully saturated rings. The summed E-state index contributed by atoms with van der Waals surface area (Å²) >= 11 is 0. The Morgan fingerprint density at radius 1 is 0.970 bits per heavy atom. The summed E-state index contributed by atoms with van der Waals surface area (Å²) in [5, 5.41) is 5.96. The van der Waals surface area contributed by atoms with Gasteiger partial charge >= 0.3 is 0 Å². The first-order valence-corrected chi connectivity index (χ1v) is 11.9. The molecule has 0 radical (unpaired) electrons. The fourth-order valence-electron chi connectivity index (χ4n) is 4.15. The summed E-state index contributed by atoms with van der Waals surface area (Å²) in [5.41, 5.74) is 1.97. The van der Waals surface area contributed by atoms with Crippen molar-refractivity contribution >= 4 is 11.8 Å². The lowest BCUT2D eigenvalue weighted by Crippen LogP contribution is -2.51. The summed E-state index contributed by atoms with van der Waals surface area (Å²) in [7, 11) is 1.60. The Kier molecular flexibility index (Phi) is 9.16. The fraction of sp³-hybridized carbons (Fsp3) is 0.481. The lowest BCUT2D eigenvalue weighted by molar-refractivity contribution is -0.132. The molecule has 2 N–H and O–H groups in total. The van der Waals surface area contributed by atoms with Crippen LogP contribution in [-0.2, 0) is 22.7 Å². The van der Waals surface area contributed by atoms with Crippen LogP contribution in [0.3, 0.4) is 0 Å². The predicted octanol–water partition coefficient (Wildman–Crippen LogP) is 4.61. The van der Waals surface area contributed by atoms with E-state index in [1.165, 1.54) is 6.42 Å². The molecule has 0 unspecified atom stereocenters. The Bertz CT molecular complexity index is 908. The maximum absolute atomic E-state index is 12.9. The Balaban J connectivity index is 1.56. The number of methoxy groups -OCH3 is 1. The SMILES string of the molecule is COc1cc(CNC(=O)[C@@H](NC(=O)C2CCCCC2)C(C)C)ccc1OCc1ccccc1. The third kappa shape index (κ3) is 7.24. The summed E-state index contributed by atoms with van der Waals surface area (Å²) in [6.07, 6.45) is 5.19. The summed E-state index contributed by atoms with van der Waals surface area (Å²) in [5.74, 6) is 1.13. The summed E-state index contributed by atoms with van der Waals surface area (Å²) in [4.78, 5) is 25.5. The molecule has 0 saturated heterocycles. The van der Waals surface area contributed by atoms with Gasteiger partial charge in [0.15, 0.2) is 11.5 Å². The summed E-state index contributed by atoms with van der Waals surface area (Å²) in [6, 6.07) is 15.0. The first-order valence-electron chi connectivity index (χ1n) is 11.9. The molecule has 0 aliphatic heterocycles. The third-order valence-corrected chi connectivity index (χ3v) is 6.15. The van der Waals surface area contributed by atoms with E-state index in [1.54, 1.807) is 7.11 Å². The smallest absolute Gasteiger partial charge is 0.243 e. The standard InChI is InChI=1S/C27H36N2O4/c1-19(2)25(29-26(30)22-12-8-5-9-13-22)27(31)28-17-21-14-15-23(24(16-21)32-3)33-18-20-10-6-4-7-11-20/h4,6-7,10-11,14-16,19,22,25H,5,8-9,12-13,17-18H2,1-3H3,(H,28,31)(H,29,30)/t25-/m0/s1. The molecule has 178 valence electrons. The highest BCUT2D eigenvalue weighted by molar-refractivity contribution is 5.88. The zero-order chi connectivity index (χ0) is 23.6. The van der Waals surface area contributed by atoms with E-state index in [-0.39, 0.29) is 23.7 Å². The largest absolute Gasteiger partial charge is 0.493 e. The van der Waals surface area contributed by atoms with Crippen LogP contribution in [0.15, 0.2) is 48.5 Å². The molecule has 0 spiro atoms. The van der Waals surface area contributed by atoms with Gasteiger partial charge in [-0.2, -0.15) is 0 Å². The molecule has 6 heteroatoms. The van der Waals surface area contributed by atoms with Gasteiger partial charge in [0, 0.05) is 12.5 Å². The highest BCUT2D eigenvalue weighted by Gasteiger charge is 2.28. The number of hydrogen-bond acceptors (Lipinski definition) is 4. The van der Waals surface area contributed by atoms with Crippen molar-refractivity contribution in [1.82, 2.24) is 10.6 Å². The number of hydrogen-bond donors (Lipinski definition) is 2. The van der Waals surface area contributed by atoms with Crippen LogP contribution in [0.2, 0.25) is 0 Å². The molecule has 1 aliphatic carbocycles. The second-order valence-corrected chi connectivity index (χ2v) is 9.04. The van der Waals surface area contributed by atoms with Gasteiger partial charge in [0.05, 0.1) is 7.11 Å². The van der Waals surface area contributed by atoms with Gasteiger partial charge in [0.1, 0.15) is 12.6 Å². The maximum Gasteiger partial charge on any atom is 0.243 e. The van der Waals surface area contributed by atoms with E-state index >= 15 is 0 Å². The molecule has 0 aromatic heterocycles. The highest BCUT2D eigenvalue weighted by atomic mass is 16.5. The van der Waals surface area contributed by atoms with Gasteiger partial charge in [-0.15, -0.1) is 0 Å². The van der Waals surface area contributed by atoms with E-state index in [0.29, 0.717) is 24.7 Å². The molecule has 2 aromatic carbocycles. The normalized spacial score (nSPS) is 15.0. The topological polar surface area (TPSA) is 76.7 Å². The fourth-order valence-corrected chi connectivity index (χ4v) is 4.15. The van der Waals surface area contributed by atoms with Crippen molar-refractivity contribution in [2.75, 3.05) is 7.11 Å². The van der Waals surface area contributed by atoms with Crippen molar-refractivity contribution in [1.29, 1.82) is 0 Å². The highest BCUT2D eigenvalue weighted by Crippen LogP contribution is 2.29. The van der Waals surface area contributed by atoms with Crippen LogP contribution in [0.1, 0.15) is 57.1 Å². The van der Waals surface area contributed by atoms with Crippen LogP contribution < -0.4 is 20.1 Å².